The van der Waals surface area contributed by atoms with Crippen molar-refractivity contribution in [3.05, 3.63) is 70.3 Å². The maximum absolute atomic E-state index is 13.2. The van der Waals surface area contributed by atoms with E-state index in [1.54, 1.807) is 44.1 Å². The van der Waals surface area contributed by atoms with Crippen LogP contribution in [0.4, 0.5) is 0 Å². The molecule has 1 saturated carbocycles. The average molecular weight is 488 g/mol. The van der Waals surface area contributed by atoms with E-state index in [4.69, 9.17) is 14.6 Å². The molecule has 0 bridgehead atoms. The summed E-state index contributed by atoms with van der Waals surface area (Å²) in [5.74, 6) is 1.01. The van der Waals surface area contributed by atoms with Gasteiger partial charge < -0.3 is 14.8 Å². The highest BCUT2D eigenvalue weighted by Crippen LogP contribution is 2.33. The van der Waals surface area contributed by atoms with Crippen molar-refractivity contribution in [3.63, 3.8) is 0 Å². The van der Waals surface area contributed by atoms with Crippen LogP contribution in [0.25, 0.3) is 22.0 Å². The third-order valence-corrected chi connectivity index (χ3v) is 6.79. The molecule has 5 rings (SSSR count). The van der Waals surface area contributed by atoms with Gasteiger partial charge in [0.15, 0.2) is 0 Å². The molecule has 2 aromatic carbocycles. The summed E-state index contributed by atoms with van der Waals surface area (Å²) in [7, 11) is 4.90. The standard InChI is InChI=1S/C27H29N5O4/c1-31-24(15-22(29-31)21-14-18(35-2)12-13-25(21)36-3)26(33)28-16-23-19-10-6-7-11-20(19)27(34)32(30-23)17-8-4-5-9-17/h6-7,10-15,17H,4-5,8-9,16H2,1-3H3,(H,28,33). The zero-order valence-electron chi connectivity index (χ0n) is 20.7. The number of rotatable bonds is 7. The fourth-order valence-electron chi connectivity index (χ4n) is 4.88. The first-order chi connectivity index (χ1) is 17.5. The van der Waals surface area contributed by atoms with Crippen molar-refractivity contribution in [2.24, 2.45) is 7.05 Å². The summed E-state index contributed by atoms with van der Waals surface area (Å²) in [5, 5.41) is 13.6. The van der Waals surface area contributed by atoms with Crippen LogP contribution in [-0.2, 0) is 13.6 Å². The third-order valence-electron chi connectivity index (χ3n) is 6.79. The topological polar surface area (TPSA) is 100 Å². The molecular weight excluding hydrogens is 458 g/mol. The van der Waals surface area contributed by atoms with Gasteiger partial charge in [0, 0.05) is 18.0 Å². The third kappa shape index (κ3) is 4.32. The van der Waals surface area contributed by atoms with Crippen molar-refractivity contribution >= 4 is 16.7 Å². The molecule has 1 N–H and O–H groups in total. The van der Waals surface area contributed by atoms with Crippen LogP contribution < -0.4 is 20.3 Å². The number of fused-ring (bicyclic) bond motifs is 1. The molecule has 0 radical (unpaired) electrons. The fourth-order valence-corrected chi connectivity index (χ4v) is 4.88. The van der Waals surface area contributed by atoms with Crippen LogP contribution >= 0.6 is 0 Å². The lowest BCUT2D eigenvalue weighted by Gasteiger charge is -2.16. The van der Waals surface area contributed by atoms with Crippen molar-refractivity contribution in [1.29, 1.82) is 0 Å². The highest BCUT2D eigenvalue weighted by atomic mass is 16.5. The molecule has 0 saturated heterocycles. The molecule has 36 heavy (non-hydrogen) atoms. The van der Waals surface area contributed by atoms with Gasteiger partial charge in [-0.05, 0) is 43.2 Å². The Morgan fingerprint density at radius 3 is 2.50 bits per heavy atom. The van der Waals surface area contributed by atoms with Crippen LogP contribution in [0.2, 0.25) is 0 Å². The fraction of sp³-hybridized carbons (Fsp3) is 0.333. The van der Waals surface area contributed by atoms with Gasteiger partial charge in [0.25, 0.3) is 11.5 Å². The van der Waals surface area contributed by atoms with Gasteiger partial charge in [-0.25, -0.2) is 4.68 Å². The summed E-state index contributed by atoms with van der Waals surface area (Å²) in [6.07, 6.45) is 4.09. The molecule has 2 heterocycles. The number of hydrogen-bond acceptors (Lipinski definition) is 6. The van der Waals surface area contributed by atoms with E-state index in [1.807, 2.05) is 30.3 Å². The smallest absolute Gasteiger partial charge is 0.274 e. The second-order valence-corrected chi connectivity index (χ2v) is 8.97. The maximum Gasteiger partial charge on any atom is 0.274 e. The molecule has 9 nitrogen and oxygen atoms in total. The van der Waals surface area contributed by atoms with Crippen LogP contribution in [0, 0.1) is 0 Å². The minimum absolute atomic E-state index is 0.0731. The van der Waals surface area contributed by atoms with E-state index in [9.17, 15) is 9.59 Å². The van der Waals surface area contributed by atoms with Crippen molar-refractivity contribution in [3.8, 4) is 22.8 Å². The number of nitrogens with one attached hydrogen (secondary N) is 1. The van der Waals surface area contributed by atoms with Crippen molar-refractivity contribution in [1.82, 2.24) is 24.9 Å². The Morgan fingerprint density at radius 1 is 1.03 bits per heavy atom. The predicted molar refractivity (Wildman–Crippen MR) is 136 cm³/mol. The SMILES string of the molecule is COc1ccc(OC)c(-c2cc(C(=O)NCc3nn(C4CCCC4)c(=O)c4ccccc34)n(C)n2)c1. The van der Waals surface area contributed by atoms with Crippen LogP contribution in [0.5, 0.6) is 11.5 Å². The molecule has 1 fully saturated rings. The zero-order chi connectivity index (χ0) is 25.2. The second kappa shape index (κ2) is 9.85. The van der Waals surface area contributed by atoms with Crippen molar-refractivity contribution in [2.75, 3.05) is 14.2 Å². The summed E-state index contributed by atoms with van der Waals surface area (Å²) in [5.41, 5.74) is 2.31. The van der Waals surface area contributed by atoms with Gasteiger partial charge in [-0.15, -0.1) is 0 Å². The molecule has 1 aliphatic rings. The molecule has 9 heteroatoms. The van der Waals surface area contributed by atoms with Gasteiger partial charge in [-0.3, -0.25) is 14.3 Å². The number of ether oxygens (including phenoxy) is 2. The number of carbonyl (C=O) groups is 1. The van der Waals surface area contributed by atoms with Gasteiger partial charge >= 0.3 is 0 Å². The Morgan fingerprint density at radius 2 is 1.78 bits per heavy atom. The van der Waals surface area contributed by atoms with Gasteiger partial charge in [0.05, 0.1) is 43.6 Å². The number of aromatic nitrogens is 4. The van der Waals surface area contributed by atoms with Gasteiger partial charge in [0.2, 0.25) is 0 Å². The lowest BCUT2D eigenvalue weighted by Crippen LogP contribution is -2.30. The maximum atomic E-state index is 13.2. The Labute approximate surface area is 208 Å². The number of aryl methyl sites for hydroxylation is 1. The van der Waals surface area contributed by atoms with Crippen molar-refractivity contribution in [2.45, 2.75) is 38.3 Å². The molecule has 1 aliphatic carbocycles. The molecule has 2 aromatic heterocycles. The number of methoxy groups -OCH3 is 2. The molecule has 4 aromatic rings. The first kappa shape index (κ1) is 23.6. The predicted octanol–water partition coefficient (Wildman–Crippen LogP) is 3.86. The quantitative estimate of drug-likeness (QED) is 0.425. The zero-order valence-corrected chi connectivity index (χ0v) is 20.7. The molecule has 0 spiro atoms. The van der Waals surface area contributed by atoms with E-state index in [0.29, 0.717) is 34.0 Å². The van der Waals surface area contributed by atoms with E-state index >= 15 is 0 Å². The molecule has 0 aliphatic heterocycles. The normalized spacial score (nSPS) is 13.8. The first-order valence-corrected chi connectivity index (χ1v) is 12.0. The van der Waals surface area contributed by atoms with Crippen LogP contribution in [-0.4, -0.2) is 39.7 Å². The van der Waals surface area contributed by atoms with E-state index in [0.717, 1.165) is 36.6 Å². The molecule has 186 valence electrons. The summed E-state index contributed by atoms with van der Waals surface area (Å²) < 4.78 is 14.0. The van der Waals surface area contributed by atoms with Crippen LogP contribution in [0.1, 0.15) is 47.9 Å². The van der Waals surface area contributed by atoms with Crippen molar-refractivity contribution < 1.29 is 14.3 Å². The van der Waals surface area contributed by atoms with E-state index in [1.165, 1.54) is 4.68 Å². The number of nitrogens with zero attached hydrogens (tertiary/aromatic N) is 4. The van der Waals surface area contributed by atoms with Crippen LogP contribution in [0.3, 0.4) is 0 Å². The van der Waals surface area contributed by atoms with E-state index in [-0.39, 0.29) is 24.1 Å². The van der Waals surface area contributed by atoms with E-state index in [2.05, 4.69) is 10.4 Å². The Bertz CT molecular complexity index is 1480. The molecular formula is C27H29N5O4. The Kier molecular flexibility index (Phi) is 6.45. The summed E-state index contributed by atoms with van der Waals surface area (Å²) in [6, 6.07) is 14.7. The highest BCUT2D eigenvalue weighted by molar-refractivity contribution is 5.94. The Hall–Kier alpha value is -4.14. The molecule has 0 unspecified atom stereocenters. The van der Waals surface area contributed by atoms with Crippen LogP contribution in [0.15, 0.2) is 53.3 Å². The first-order valence-electron chi connectivity index (χ1n) is 12.0. The largest absolute Gasteiger partial charge is 0.497 e. The highest BCUT2D eigenvalue weighted by Gasteiger charge is 2.22. The minimum Gasteiger partial charge on any atom is -0.497 e. The second-order valence-electron chi connectivity index (χ2n) is 8.97. The molecule has 1 amide bonds. The van der Waals surface area contributed by atoms with Gasteiger partial charge in [-0.1, -0.05) is 31.0 Å². The number of carbonyl (C=O) groups excluding carboxylic acids is 1. The number of amides is 1. The summed E-state index contributed by atoms with van der Waals surface area (Å²) in [4.78, 5) is 26.3. The average Bonchev–Trinajstić information content (AvgIpc) is 3.58. The minimum atomic E-state index is -0.289. The molecule has 0 atom stereocenters. The lowest BCUT2D eigenvalue weighted by atomic mass is 10.1. The lowest BCUT2D eigenvalue weighted by molar-refractivity contribution is 0.0941. The van der Waals surface area contributed by atoms with Gasteiger partial charge in [0.1, 0.15) is 17.2 Å². The summed E-state index contributed by atoms with van der Waals surface area (Å²) >= 11 is 0. The monoisotopic (exact) mass is 487 g/mol. The van der Waals surface area contributed by atoms with Gasteiger partial charge in [-0.2, -0.15) is 10.2 Å². The Balaban J connectivity index is 1.43. The number of hydrogen-bond donors (Lipinski definition) is 1. The van der Waals surface area contributed by atoms with E-state index < -0.39 is 0 Å². The summed E-state index contributed by atoms with van der Waals surface area (Å²) in [6.45, 7) is 0.190. The number of benzene rings is 2.